The topological polar surface area (TPSA) is 61.8 Å². The van der Waals surface area contributed by atoms with Crippen molar-refractivity contribution >= 4 is 6.03 Å². The van der Waals surface area contributed by atoms with Gasteiger partial charge in [-0.2, -0.15) is 0 Å². The van der Waals surface area contributed by atoms with Crippen LogP contribution in [0.5, 0.6) is 5.75 Å². The summed E-state index contributed by atoms with van der Waals surface area (Å²) in [6.07, 6.45) is 9.34. The highest BCUT2D eigenvalue weighted by Gasteiger charge is 2.55. The standard InChI is InChI=1S/C25H34N2O3/c1-15-3-2-4-21(7-15)30-22-10-19-5-6-20(11-22)27(19)24(28)26-23-17-8-16-9-18(23)14-25(29,12-16)13-17/h2-4,7,16-20,22-23,29H,5-6,8-14H2,1H3,(H,26,28)/t16?,17?,18?,19-,20+,22?,23?,25?. The van der Waals surface area contributed by atoms with E-state index in [1.807, 2.05) is 12.1 Å². The molecular formula is C25H34N2O3. The van der Waals surface area contributed by atoms with E-state index in [-0.39, 0.29) is 18.2 Å². The Labute approximate surface area is 179 Å². The highest BCUT2D eigenvalue weighted by Crippen LogP contribution is 2.55. The minimum atomic E-state index is -0.442. The number of aliphatic hydroxyl groups is 1. The summed E-state index contributed by atoms with van der Waals surface area (Å²) in [6, 6.07) is 9.25. The molecule has 0 radical (unpaired) electrons. The number of nitrogens with one attached hydrogen (secondary N) is 1. The van der Waals surface area contributed by atoms with Crippen molar-refractivity contribution in [3.63, 3.8) is 0 Å². The molecule has 4 aliphatic carbocycles. The van der Waals surface area contributed by atoms with Gasteiger partial charge in [-0.1, -0.05) is 12.1 Å². The van der Waals surface area contributed by atoms with Gasteiger partial charge in [0.1, 0.15) is 11.9 Å². The number of carbonyl (C=O) groups is 1. The summed E-state index contributed by atoms with van der Waals surface area (Å²) >= 11 is 0. The molecular weight excluding hydrogens is 376 g/mol. The van der Waals surface area contributed by atoms with Gasteiger partial charge in [0.25, 0.3) is 0 Å². The van der Waals surface area contributed by atoms with Crippen LogP contribution in [0.4, 0.5) is 4.79 Å². The number of amides is 2. The van der Waals surface area contributed by atoms with Crippen LogP contribution in [0.25, 0.3) is 0 Å². The van der Waals surface area contributed by atoms with Gasteiger partial charge in [-0.05, 0) is 87.3 Å². The number of nitrogens with zero attached hydrogens (tertiary/aromatic N) is 1. The molecule has 2 amide bonds. The van der Waals surface area contributed by atoms with Gasteiger partial charge in [0.2, 0.25) is 0 Å². The number of hydrogen-bond acceptors (Lipinski definition) is 3. The number of benzene rings is 1. The molecule has 30 heavy (non-hydrogen) atoms. The van der Waals surface area contributed by atoms with Crippen LogP contribution < -0.4 is 10.1 Å². The second-order valence-corrected chi connectivity index (χ2v) is 11.0. The Hall–Kier alpha value is -1.75. The van der Waals surface area contributed by atoms with Crippen LogP contribution >= 0.6 is 0 Å². The van der Waals surface area contributed by atoms with Gasteiger partial charge in [-0.3, -0.25) is 0 Å². The van der Waals surface area contributed by atoms with Crippen LogP contribution in [0.3, 0.4) is 0 Å². The molecule has 6 aliphatic rings. The third-order valence-electron chi connectivity index (χ3n) is 8.75. The zero-order chi connectivity index (χ0) is 20.5. The molecule has 2 saturated heterocycles. The summed E-state index contributed by atoms with van der Waals surface area (Å²) < 4.78 is 6.30. The van der Waals surface area contributed by atoms with Crippen LogP contribution in [-0.2, 0) is 0 Å². The number of ether oxygens (including phenoxy) is 1. The van der Waals surface area contributed by atoms with E-state index in [4.69, 9.17) is 4.74 Å². The Kier molecular flexibility index (Phi) is 4.35. The van der Waals surface area contributed by atoms with E-state index in [1.54, 1.807) is 0 Å². The zero-order valence-electron chi connectivity index (χ0n) is 17.9. The first-order valence-electron chi connectivity index (χ1n) is 12.0. The fraction of sp³-hybridized carbons (Fsp3) is 0.720. The van der Waals surface area contributed by atoms with Gasteiger partial charge in [-0.15, -0.1) is 0 Å². The van der Waals surface area contributed by atoms with Crippen LogP contribution in [0.1, 0.15) is 63.4 Å². The minimum Gasteiger partial charge on any atom is -0.490 e. The van der Waals surface area contributed by atoms with Crippen molar-refractivity contribution in [2.75, 3.05) is 0 Å². The molecule has 3 unspecified atom stereocenters. The maximum atomic E-state index is 13.4. The Morgan fingerprint density at radius 3 is 2.43 bits per heavy atom. The molecule has 5 heteroatoms. The fourth-order valence-electron chi connectivity index (χ4n) is 7.87. The monoisotopic (exact) mass is 410 g/mol. The number of rotatable bonds is 3. The van der Waals surface area contributed by atoms with E-state index in [1.165, 1.54) is 18.4 Å². The van der Waals surface area contributed by atoms with E-state index in [2.05, 4.69) is 29.3 Å². The fourth-order valence-corrected chi connectivity index (χ4v) is 7.87. The predicted octanol–water partition coefficient (Wildman–Crippen LogP) is 4.02. The molecule has 5 atom stereocenters. The Bertz CT molecular complexity index is 811. The number of carbonyl (C=O) groups excluding carboxylic acids is 1. The predicted molar refractivity (Wildman–Crippen MR) is 114 cm³/mol. The van der Waals surface area contributed by atoms with Crippen molar-refractivity contribution in [1.82, 2.24) is 10.2 Å². The molecule has 2 heterocycles. The third kappa shape index (κ3) is 3.21. The van der Waals surface area contributed by atoms with Crippen LogP contribution in [0.15, 0.2) is 24.3 Å². The zero-order valence-corrected chi connectivity index (χ0v) is 17.9. The largest absolute Gasteiger partial charge is 0.490 e. The maximum Gasteiger partial charge on any atom is 0.318 e. The first-order chi connectivity index (χ1) is 14.5. The quantitative estimate of drug-likeness (QED) is 0.791. The van der Waals surface area contributed by atoms with Crippen LogP contribution in [0.2, 0.25) is 0 Å². The summed E-state index contributed by atoms with van der Waals surface area (Å²) in [6.45, 7) is 2.09. The van der Waals surface area contributed by atoms with Crippen molar-refractivity contribution in [2.45, 2.75) is 94.5 Å². The lowest BCUT2D eigenvalue weighted by atomic mass is 9.52. The highest BCUT2D eigenvalue weighted by atomic mass is 16.5. The summed E-state index contributed by atoms with van der Waals surface area (Å²) in [7, 11) is 0. The van der Waals surface area contributed by atoms with Crippen molar-refractivity contribution in [2.24, 2.45) is 17.8 Å². The minimum absolute atomic E-state index is 0.140. The van der Waals surface area contributed by atoms with E-state index in [0.717, 1.165) is 50.7 Å². The van der Waals surface area contributed by atoms with Crippen molar-refractivity contribution in [3.8, 4) is 5.75 Å². The molecule has 1 aromatic carbocycles. The highest BCUT2D eigenvalue weighted by molar-refractivity contribution is 5.76. The average Bonchev–Trinajstić information content (AvgIpc) is 2.94. The van der Waals surface area contributed by atoms with Gasteiger partial charge in [0.05, 0.1) is 5.60 Å². The Morgan fingerprint density at radius 2 is 1.80 bits per heavy atom. The summed E-state index contributed by atoms with van der Waals surface area (Å²) in [5.41, 5.74) is 0.773. The SMILES string of the molecule is Cc1cccc(OC2C[C@H]3CC[C@@H](C2)N3C(=O)NC2C3CC4CC2CC(O)(C4)C3)c1. The second kappa shape index (κ2) is 6.88. The Morgan fingerprint density at radius 1 is 1.10 bits per heavy atom. The van der Waals surface area contributed by atoms with E-state index in [0.29, 0.717) is 29.8 Å². The average molecular weight is 411 g/mol. The summed E-state index contributed by atoms with van der Waals surface area (Å²) in [4.78, 5) is 15.5. The smallest absolute Gasteiger partial charge is 0.318 e. The first-order valence-corrected chi connectivity index (χ1v) is 12.0. The van der Waals surface area contributed by atoms with Crippen molar-refractivity contribution < 1.29 is 14.6 Å². The van der Waals surface area contributed by atoms with Gasteiger partial charge in [0, 0.05) is 31.0 Å². The molecule has 0 spiro atoms. The molecule has 6 fully saturated rings. The number of hydrogen-bond donors (Lipinski definition) is 2. The number of piperidine rings is 1. The van der Waals surface area contributed by atoms with Crippen LogP contribution in [-0.4, -0.2) is 45.9 Å². The van der Waals surface area contributed by atoms with Gasteiger partial charge in [-0.25, -0.2) is 4.79 Å². The lowest BCUT2D eigenvalue weighted by Gasteiger charge is -2.58. The number of fused-ring (bicyclic) bond motifs is 2. The van der Waals surface area contributed by atoms with Crippen molar-refractivity contribution in [3.05, 3.63) is 29.8 Å². The molecule has 2 N–H and O–H groups in total. The van der Waals surface area contributed by atoms with Gasteiger partial charge < -0.3 is 20.1 Å². The molecule has 2 aliphatic heterocycles. The normalized spacial score (nSPS) is 43.7. The molecule has 1 aromatic rings. The molecule has 5 nitrogen and oxygen atoms in total. The number of aryl methyl sites for hydroxylation is 1. The van der Waals surface area contributed by atoms with Crippen LogP contribution in [0, 0.1) is 24.7 Å². The second-order valence-electron chi connectivity index (χ2n) is 11.0. The van der Waals surface area contributed by atoms with E-state index >= 15 is 0 Å². The first kappa shape index (κ1) is 19.0. The molecule has 7 rings (SSSR count). The maximum absolute atomic E-state index is 13.4. The Balaban J connectivity index is 1.11. The summed E-state index contributed by atoms with van der Waals surface area (Å²) in [5.74, 6) is 2.55. The lowest BCUT2D eigenvalue weighted by Crippen LogP contribution is -2.64. The third-order valence-corrected chi connectivity index (χ3v) is 8.75. The molecule has 0 aromatic heterocycles. The van der Waals surface area contributed by atoms with Gasteiger partial charge in [0.15, 0.2) is 0 Å². The lowest BCUT2D eigenvalue weighted by molar-refractivity contribution is -0.137. The molecule has 162 valence electrons. The summed E-state index contributed by atoms with van der Waals surface area (Å²) in [5, 5.41) is 14.3. The molecule has 4 saturated carbocycles. The molecule has 6 bridgehead atoms. The number of urea groups is 1. The van der Waals surface area contributed by atoms with E-state index < -0.39 is 5.60 Å². The van der Waals surface area contributed by atoms with E-state index in [9.17, 15) is 9.90 Å². The van der Waals surface area contributed by atoms with Gasteiger partial charge >= 0.3 is 6.03 Å². The van der Waals surface area contributed by atoms with Crippen molar-refractivity contribution in [1.29, 1.82) is 0 Å².